The van der Waals surface area contributed by atoms with Gasteiger partial charge in [-0.15, -0.1) is 0 Å². The average molecular weight is 274 g/mol. The van der Waals surface area contributed by atoms with E-state index in [-0.39, 0.29) is 11.8 Å². The van der Waals surface area contributed by atoms with Crippen molar-refractivity contribution in [2.24, 2.45) is 5.92 Å². The van der Waals surface area contributed by atoms with Crippen LogP contribution in [0.15, 0.2) is 18.2 Å². The number of hydrogen-bond donors (Lipinski definition) is 2. The molecule has 3 nitrogen and oxygen atoms in total. The first kappa shape index (κ1) is 14.9. The molecular formula is C17H26N2O. The first-order chi connectivity index (χ1) is 9.76. The van der Waals surface area contributed by atoms with Crippen molar-refractivity contribution < 1.29 is 4.79 Å². The van der Waals surface area contributed by atoms with Crippen LogP contribution < -0.4 is 10.6 Å². The summed E-state index contributed by atoms with van der Waals surface area (Å²) in [6, 6.07) is 6.18. The number of rotatable bonds is 6. The van der Waals surface area contributed by atoms with Crippen molar-refractivity contribution in [3.05, 3.63) is 23.8 Å². The summed E-state index contributed by atoms with van der Waals surface area (Å²) >= 11 is 0. The fourth-order valence-corrected chi connectivity index (χ4v) is 2.82. The molecule has 0 spiro atoms. The zero-order chi connectivity index (χ0) is 14.4. The van der Waals surface area contributed by atoms with Gasteiger partial charge >= 0.3 is 0 Å². The van der Waals surface area contributed by atoms with Gasteiger partial charge in [0.1, 0.15) is 0 Å². The number of benzene rings is 1. The van der Waals surface area contributed by atoms with Crippen LogP contribution >= 0.6 is 0 Å². The lowest BCUT2D eigenvalue weighted by molar-refractivity contribution is -0.120. The van der Waals surface area contributed by atoms with E-state index in [9.17, 15) is 4.79 Å². The van der Waals surface area contributed by atoms with E-state index in [4.69, 9.17) is 0 Å². The number of carbonyl (C=O) groups is 1. The van der Waals surface area contributed by atoms with Crippen LogP contribution in [-0.4, -0.2) is 12.5 Å². The van der Waals surface area contributed by atoms with Crippen molar-refractivity contribution >= 4 is 17.3 Å². The van der Waals surface area contributed by atoms with Crippen molar-refractivity contribution in [3.63, 3.8) is 0 Å². The SMILES string of the molecule is CCCCC(CC)C(=O)Nc1cccc2c1NCCC2. The topological polar surface area (TPSA) is 41.1 Å². The van der Waals surface area contributed by atoms with Gasteiger partial charge in [0.15, 0.2) is 0 Å². The Morgan fingerprint density at radius 2 is 2.25 bits per heavy atom. The third kappa shape index (κ3) is 3.53. The summed E-state index contributed by atoms with van der Waals surface area (Å²) in [5, 5.41) is 6.55. The molecule has 0 saturated heterocycles. The number of nitrogens with one attached hydrogen (secondary N) is 2. The molecule has 2 rings (SSSR count). The number of fused-ring (bicyclic) bond motifs is 1. The summed E-state index contributed by atoms with van der Waals surface area (Å²) < 4.78 is 0. The quantitative estimate of drug-likeness (QED) is 0.816. The van der Waals surface area contributed by atoms with Gasteiger partial charge in [0.2, 0.25) is 5.91 Å². The third-order valence-corrected chi connectivity index (χ3v) is 4.10. The Morgan fingerprint density at radius 1 is 1.40 bits per heavy atom. The number of amides is 1. The molecule has 1 unspecified atom stereocenters. The first-order valence-electron chi connectivity index (χ1n) is 7.92. The van der Waals surface area contributed by atoms with Gasteiger partial charge < -0.3 is 10.6 Å². The molecule has 1 aliphatic rings. The molecule has 0 fully saturated rings. The standard InChI is InChI=1S/C17H26N2O/c1-3-5-8-13(4-2)17(20)19-15-11-6-9-14-10-7-12-18-16(14)15/h6,9,11,13,18H,3-5,7-8,10,12H2,1-2H3,(H,19,20). The van der Waals surface area contributed by atoms with E-state index in [1.807, 2.05) is 12.1 Å². The summed E-state index contributed by atoms with van der Waals surface area (Å²) in [5.41, 5.74) is 3.38. The molecule has 1 aliphatic heterocycles. The molecule has 3 heteroatoms. The number of aryl methyl sites for hydroxylation is 1. The van der Waals surface area contributed by atoms with Crippen molar-refractivity contribution in [1.82, 2.24) is 0 Å². The Morgan fingerprint density at radius 3 is 3.00 bits per heavy atom. The van der Waals surface area contributed by atoms with E-state index >= 15 is 0 Å². The average Bonchev–Trinajstić information content (AvgIpc) is 2.48. The summed E-state index contributed by atoms with van der Waals surface area (Å²) in [4.78, 5) is 12.4. The molecule has 0 bridgehead atoms. The van der Waals surface area contributed by atoms with Crippen LogP contribution in [0.25, 0.3) is 0 Å². The van der Waals surface area contributed by atoms with Crippen LogP contribution in [-0.2, 0) is 11.2 Å². The van der Waals surface area contributed by atoms with E-state index in [1.54, 1.807) is 0 Å². The lowest BCUT2D eigenvalue weighted by atomic mass is 9.97. The second-order valence-corrected chi connectivity index (χ2v) is 5.61. The molecular weight excluding hydrogens is 248 g/mol. The molecule has 0 saturated carbocycles. The number of carbonyl (C=O) groups excluding carboxylic acids is 1. The van der Waals surface area contributed by atoms with Crippen molar-refractivity contribution in [2.45, 2.75) is 52.4 Å². The zero-order valence-electron chi connectivity index (χ0n) is 12.7. The normalized spacial score (nSPS) is 15.1. The number of para-hydroxylation sites is 1. The largest absolute Gasteiger partial charge is 0.383 e. The Labute approximate surface area is 122 Å². The highest BCUT2D eigenvalue weighted by Gasteiger charge is 2.19. The fourth-order valence-electron chi connectivity index (χ4n) is 2.82. The molecule has 1 aromatic carbocycles. The molecule has 20 heavy (non-hydrogen) atoms. The maximum absolute atomic E-state index is 12.4. The van der Waals surface area contributed by atoms with Crippen LogP contribution in [0.3, 0.4) is 0 Å². The zero-order valence-corrected chi connectivity index (χ0v) is 12.7. The minimum atomic E-state index is 0.134. The highest BCUT2D eigenvalue weighted by atomic mass is 16.1. The predicted molar refractivity (Wildman–Crippen MR) is 85.2 cm³/mol. The Balaban J connectivity index is 2.07. The maximum Gasteiger partial charge on any atom is 0.227 e. The van der Waals surface area contributed by atoms with E-state index in [1.165, 1.54) is 12.0 Å². The van der Waals surface area contributed by atoms with Gasteiger partial charge in [-0.25, -0.2) is 0 Å². The van der Waals surface area contributed by atoms with E-state index in [2.05, 4.69) is 30.5 Å². The number of anilines is 2. The van der Waals surface area contributed by atoms with Crippen molar-refractivity contribution in [3.8, 4) is 0 Å². The summed E-state index contributed by atoms with van der Waals surface area (Å²) in [6.07, 6.45) is 6.43. The Kier molecular flexibility index (Phi) is 5.45. The van der Waals surface area contributed by atoms with Gasteiger partial charge in [-0.1, -0.05) is 38.8 Å². The molecule has 0 aromatic heterocycles. The summed E-state index contributed by atoms with van der Waals surface area (Å²) in [5.74, 6) is 0.302. The van der Waals surface area contributed by atoms with Crippen LogP contribution in [0.2, 0.25) is 0 Å². The lowest BCUT2D eigenvalue weighted by Gasteiger charge is -2.22. The molecule has 0 aliphatic carbocycles. The first-order valence-corrected chi connectivity index (χ1v) is 7.92. The van der Waals surface area contributed by atoms with E-state index < -0.39 is 0 Å². The van der Waals surface area contributed by atoms with Gasteiger partial charge in [-0.2, -0.15) is 0 Å². The molecule has 1 atom stereocenters. The van der Waals surface area contributed by atoms with Crippen LogP contribution in [0.4, 0.5) is 11.4 Å². The van der Waals surface area contributed by atoms with Crippen LogP contribution in [0, 0.1) is 5.92 Å². The summed E-state index contributed by atoms with van der Waals surface area (Å²) in [6.45, 7) is 5.26. The smallest absolute Gasteiger partial charge is 0.227 e. The highest BCUT2D eigenvalue weighted by molar-refractivity contribution is 5.96. The van der Waals surface area contributed by atoms with Crippen LogP contribution in [0.1, 0.15) is 51.5 Å². The molecule has 1 aromatic rings. The fraction of sp³-hybridized carbons (Fsp3) is 0.588. The van der Waals surface area contributed by atoms with Gasteiger partial charge in [0.05, 0.1) is 11.4 Å². The van der Waals surface area contributed by atoms with Gasteiger partial charge in [0.25, 0.3) is 0 Å². The van der Waals surface area contributed by atoms with Crippen molar-refractivity contribution in [2.75, 3.05) is 17.2 Å². The van der Waals surface area contributed by atoms with Crippen molar-refractivity contribution in [1.29, 1.82) is 0 Å². The maximum atomic E-state index is 12.4. The lowest BCUT2D eigenvalue weighted by Crippen LogP contribution is -2.24. The van der Waals surface area contributed by atoms with Gasteiger partial charge in [0, 0.05) is 12.5 Å². The highest BCUT2D eigenvalue weighted by Crippen LogP contribution is 2.30. The Hall–Kier alpha value is -1.51. The van der Waals surface area contributed by atoms with E-state index in [0.29, 0.717) is 0 Å². The van der Waals surface area contributed by atoms with Gasteiger partial charge in [-0.05, 0) is 37.3 Å². The van der Waals surface area contributed by atoms with E-state index in [0.717, 1.165) is 50.0 Å². The second kappa shape index (κ2) is 7.32. The molecule has 2 N–H and O–H groups in total. The van der Waals surface area contributed by atoms with Gasteiger partial charge in [-0.3, -0.25) is 4.79 Å². The molecule has 110 valence electrons. The number of unbranched alkanes of at least 4 members (excludes halogenated alkanes) is 1. The summed E-state index contributed by atoms with van der Waals surface area (Å²) in [7, 11) is 0. The molecule has 1 heterocycles. The predicted octanol–water partition coefficient (Wildman–Crippen LogP) is 4.20. The minimum Gasteiger partial charge on any atom is -0.383 e. The Bertz CT molecular complexity index is 456. The minimum absolute atomic E-state index is 0.134. The van der Waals surface area contributed by atoms with Crippen LogP contribution in [0.5, 0.6) is 0 Å². The second-order valence-electron chi connectivity index (χ2n) is 5.61. The monoisotopic (exact) mass is 274 g/mol. The molecule has 1 amide bonds. The number of hydrogen-bond acceptors (Lipinski definition) is 2. The third-order valence-electron chi connectivity index (χ3n) is 4.10. The molecule has 0 radical (unpaired) electrons.